The number of hydrogen-bond acceptors (Lipinski definition) is 2. The Morgan fingerprint density at radius 1 is 1.38 bits per heavy atom. The summed E-state index contributed by atoms with van der Waals surface area (Å²) >= 11 is 0. The van der Waals surface area contributed by atoms with Crippen LogP contribution in [0, 0.1) is 5.92 Å². The summed E-state index contributed by atoms with van der Waals surface area (Å²) in [6, 6.07) is 8.40. The number of methoxy groups -OCH3 is 1. The molecule has 0 aliphatic heterocycles. The van der Waals surface area contributed by atoms with Gasteiger partial charge in [0.25, 0.3) is 0 Å². The van der Waals surface area contributed by atoms with Crippen LogP contribution in [-0.4, -0.2) is 13.2 Å². The van der Waals surface area contributed by atoms with E-state index in [0.717, 1.165) is 12.2 Å². The van der Waals surface area contributed by atoms with E-state index in [1.807, 2.05) is 12.1 Å². The lowest BCUT2D eigenvalue weighted by molar-refractivity contribution is 0.409. The highest BCUT2D eigenvalue weighted by Crippen LogP contribution is 2.17. The molecule has 1 aromatic rings. The SMILES string of the molecule is CCCC(C)C(N)Cc1cccc(OC)c1. The normalized spacial score (nSPS) is 14.5. The van der Waals surface area contributed by atoms with Crippen LogP contribution in [-0.2, 0) is 6.42 Å². The molecule has 2 heteroatoms. The predicted molar refractivity (Wildman–Crippen MR) is 68.7 cm³/mol. The zero-order valence-corrected chi connectivity index (χ0v) is 10.6. The van der Waals surface area contributed by atoms with Gasteiger partial charge in [-0.3, -0.25) is 0 Å². The van der Waals surface area contributed by atoms with Crippen molar-refractivity contribution in [3.8, 4) is 5.75 Å². The van der Waals surface area contributed by atoms with E-state index in [4.69, 9.17) is 10.5 Å². The lowest BCUT2D eigenvalue weighted by atomic mass is 9.92. The lowest BCUT2D eigenvalue weighted by Gasteiger charge is -2.19. The molecule has 0 bridgehead atoms. The van der Waals surface area contributed by atoms with E-state index in [1.165, 1.54) is 18.4 Å². The Balaban J connectivity index is 2.58. The van der Waals surface area contributed by atoms with Gasteiger partial charge in [-0.2, -0.15) is 0 Å². The van der Waals surface area contributed by atoms with Gasteiger partial charge in [-0.15, -0.1) is 0 Å². The van der Waals surface area contributed by atoms with Gasteiger partial charge in [-0.25, -0.2) is 0 Å². The van der Waals surface area contributed by atoms with Crippen molar-refractivity contribution >= 4 is 0 Å². The molecule has 0 saturated heterocycles. The van der Waals surface area contributed by atoms with Crippen LogP contribution in [0.1, 0.15) is 32.3 Å². The van der Waals surface area contributed by atoms with Gasteiger partial charge in [-0.1, -0.05) is 32.4 Å². The minimum absolute atomic E-state index is 0.243. The third kappa shape index (κ3) is 3.86. The first-order valence-electron chi connectivity index (χ1n) is 6.05. The summed E-state index contributed by atoms with van der Waals surface area (Å²) in [7, 11) is 1.69. The Morgan fingerprint density at radius 2 is 2.12 bits per heavy atom. The summed E-state index contributed by atoms with van der Waals surface area (Å²) in [5, 5.41) is 0. The van der Waals surface area contributed by atoms with Crippen molar-refractivity contribution in [3.63, 3.8) is 0 Å². The maximum Gasteiger partial charge on any atom is 0.119 e. The molecule has 2 atom stereocenters. The second-order valence-corrected chi connectivity index (χ2v) is 4.49. The Hall–Kier alpha value is -1.02. The molecule has 90 valence electrons. The van der Waals surface area contributed by atoms with Gasteiger partial charge in [0, 0.05) is 6.04 Å². The van der Waals surface area contributed by atoms with Crippen LogP contribution in [0.25, 0.3) is 0 Å². The largest absolute Gasteiger partial charge is 0.497 e. The maximum atomic E-state index is 6.19. The smallest absolute Gasteiger partial charge is 0.119 e. The molecule has 0 aromatic heterocycles. The van der Waals surface area contributed by atoms with Gasteiger partial charge < -0.3 is 10.5 Å². The maximum absolute atomic E-state index is 6.19. The monoisotopic (exact) mass is 221 g/mol. The molecular formula is C14H23NO. The second kappa shape index (κ2) is 6.54. The predicted octanol–water partition coefficient (Wildman–Crippen LogP) is 3.00. The van der Waals surface area contributed by atoms with E-state index in [2.05, 4.69) is 26.0 Å². The summed E-state index contributed by atoms with van der Waals surface area (Å²) in [5.41, 5.74) is 7.45. The number of rotatable bonds is 6. The van der Waals surface area contributed by atoms with Gasteiger partial charge in [-0.05, 0) is 36.5 Å². The zero-order chi connectivity index (χ0) is 12.0. The summed E-state index contributed by atoms with van der Waals surface area (Å²) in [5.74, 6) is 1.49. The topological polar surface area (TPSA) is 35.2 Å². The number of benzene rings is 1. The highest BCUT2D eigenvalue weighted by molar-refractivity contribution is 5.28. The molecular weight excluding hydrogens is 198 g/mol. The fourth-order valence-corrected chi connectivity index (χ4v) is 1.94. The van der Waals surface area contributed by atoms with Gasteiger partial charge in [0.05, 0.1) is 7.11 Å². The Kier molecular flexibility index (Phi) is 5.33. The highest BCUT2D eigenvalue weighted by Gasteiger charge is 2.12. The van der Waals surface area contributed by atoms with E-state index in [1.54, 1.807) is 7.11 Å². The van der Waals surface area contributed by atoms with Crippen molar-refractivity contribution in [2.24, 2.45) is 11.7 Å². The summed E-state index contributed by atoms with van der Waals surface area (Å²) < 4.78 is 5.20. The van der Waals surface area contributed by atoms with Gasteiger partial charge in [0.1, 0.15) is 5.75 Å². The Bertz CT molecular complexity index is 311. The van der Waals surface area contributed by atoms with E-state index in [9.17, 15) is 0 Å². The molecule has 0 fully saturated rings. The standard InChI is InChI=1S/C14H23NO/c1-4-6-11(2)14(15)10-12-7-5-8-13(9-12)16-3/h5,7-9,11,14H,4,6,10,15H2,1-3H3. The van der Waals surface area contributed by atoms with Crippen molar-refractivity contribution in [2.45, 2.75) is 39.2 Å². The van der Waals surface area contributed by atoms with E-state index in [0.29, 0.717) is 5.92 Å². The molecule has 0 radical (unpaired) electrons. The molecule has 2 nitrogen and oxygen atoms in total. The summed E-state index contributed by atoms with van der Waals surface area (Å²) in [6.07, 6.45) is 3.33. The third-order valence-corrected chi connectivity index (χ3v) is 3.08. The van der Waals surface area contributed by atoms with E-state index >= 15 is 0 Å². The zero-order valence-electron chi connectivity index (χ0n) is 10.6. The van der Waals surface area contributed by atoms with Crippen LogP contribution in [0.3, 0.4) is 0 Å². The van der Waals surface area contributed by atoms with Crippen LogP contribution in [0.15, 0.2) is 24.3 Å². The molecule has 0 amide bonds. The third-order valence-electron chi connectivity index (χ3n) is 3.08. The van der Waals surface area contributed by atoms with Crippen molar-refractivity contribution in [1.29, 1.82) is 0 Å². The lowest BCUT2D eigenvalue weighted by Crippen LogP contribution is -2.30. The molecule has 1 rings (SSSR count). The van der Waals surface area contributed by atoms with Crippen LogP contribution >= 0.6 is 0 Å². The molecule has 0 aliphatic rings. The Labute approximate surface area is 98.8 Å². The van der Waals surface area contributed by atoms with Crippen molar-refractivity contribution in [2.75, 3.05) is 7.11 Å². The average Bonchev–Trinajstić information content (AvgIpc) is 2.29. The molecule has 0 aliphatic carbocycles. The highest BCUT2D eigenvalue weighted by atomic mass is 16.5. The summed E-state index contributed by atoms with van der Waals surface area (Å²) in [4.78, 5) is 0. The Morgan fingerprint density at radius 3 is 2.75 bits per heavy atom. The summed E-state index contributed by atoms with van der Waals surface area (Å²) in [6.45, 7) is 4.43. The number of nitrogens with two attached hydrogens (primary N) is 1. The first-order chi connectivity index (χ1) is 7.67. The molecule has 2 unspecified atom stereocenters. The van der Waals surface area contributed by atoms with Crippen LogP contribution in [0.5, 0.6) is 5.75 Å². The molecule has 0 saturated carbocycles. The van der Waals surface area contributed by atoms with Crippen LogP contribution in [0.2, 0.25) is 0 Å². The van der Waals surface area contributed by atoms with Crippen LogP contribution < -0.4 is 10.5 Å². The van der Waals surface area contributed by atoms with E-state index < -0.39 is 0 Å². The fourth-order valence-electron chi connectivity index (χ4n) is 1.94. The van der Waals surface area contributed by atoms with Crippen LogP contribution in [0.4, 0.5) is 0 Å². The van der Waals surface area contributed by atoms with Gasteiger partial charge in [0.15, 0.2) is 0 Å². The van der Waals surface area contributed by atoms with E-state index in [-0.39, 0.29) is 6.04 Å². The second-order valence-electron chi connectivity index (χ2n) is 4.49. The first-order valence-corrected chi connectivity index (χ1v) is 6.05. The van der Waals surface area contributed by atoms with Gasteiger partial charge >= 0.3 is 0 Å². The molecule has 16 heavy (non-hydrogen) atoms. The van der Waals surface area contributed by atoms with Crippen molar-refractivity contribution in [3.05, 3.63) is 29.8 Å². The molecule has 2 N–H and O–H groups in total. The molecule has 0 spiro atoms. The average molecular weight is 221 g/mol. The minimum atomic E-state index is 0.243. The first kappa shape index (κ1) is 13.0. The quantitative estimate of drug-likeness (QED) is 0.801. The fraction of sp³-hybridized carbons (Fsp3) is 0.571. The molecule has 0 heterocycles. The number of ether oxygens (including phenoxy) is 1. The van der Waals surface area contributed by atoms with Crippen molar-refractivity contribution in [1.82, 2.24) is 0 Å². The van der Waals surface area contributed by atoms with Crippen molar-refractivity contribution < 1.29 is 4.74 Å². The minimum Gasteiger partial charge on any atom is -0.497 e. The van der Waals surface area contributed by atoms with Gasteiger partial charge in [0.2, 0.25) is 0 Å². The molecule has 1 aromatic carbocycles. The number of hydrogen-bond donors (Lipinski definition) is 1.